The highest BCUT2D eigenvalue weighted by Gasteiger charge is 2.39. The third-order valence-corrected chi connectivity index (χ3v) is 8.48. The van der Waals surface area contributed by atoms with E-state index >= 15 is 0 Å². The first-order chi connectivity index (χ1) is 16.0. The Morgan fingerprint density at radius 3 is 2.67 bits per heavy atom. The van der Waals surface area contributed by atoms with Crippen LogP contribution in [-0.2, 0) is 16.0 Å². The molecule has 172 valence electrons. The second kappa shape index (κ2) is 9.23. The Kier molecular flexibility index (Phi) is 6.16. The van der Waals surface area contributed by atoms with Gasteiger partial charge in [0, 0.05) is 44.8 Å². The smallest absolute Gasteiger partial charge is 0.228 e. The SMILES string of the molecule is CCc1cccc(C)c1N1CC(C(=O)N2CCN(c3nnc(-c4cccs4)s3)CC2)CC1=O. The van der Waals surface area contributed by atoms with Crippen molar-refractivity contribution in [1.82, 2.24) is 15.1 Å². The minimum atomic E-state index is -0.277. The minimum Gasteiger partial charge on any atom is -0.343 e. The van der Waals surface area contributed by atoms with Crippen LogP contribution in [0.25, 0.3) is 9.88 Å². The van der Waals surface area contributed by atoms with Gasteiger partial charge in [0.25, 0.3) is 0 Å². The van der Waals surface area contributed by atoms with Gasteiger partial charge in [-0.05, 0) is 35.9 Å². The van der Waals surface area contributed by atoms with Crippen LogP contribution < -0.4 is 9.80 Å². The largest absolute Gasteiger partial charge is 0.343 e. The van der Waals surface area contributed by atoms with Crippen LogP contribution >= 0.6 is 22.7 Å². The van der Waals surface area contributed by atoms with E-state index < -0.39 is 0 Å². The number of para-hydroxylation sites is 1. The number of benzene rings is 1. The molecular weight excluding hydrogens is 454 g/mol. The van der Waals surface area contributed by atoms with Gasteiger partial charge in [-0.2, -0.15) is 0 Å². The molecule has 4 heterocycles. The van der Waals surface area contributed by atoms with E-state index in [0.29, 0.717) is 19.6 Å². The monoisotopic (exact) mass is 481 g/mol. The number of amides is 2. The Balaban J connectivity index is 1.22. The molecule has 1 atom stereocenters. The molecule has 2 saturated heterocycles. The standard InChI is InChI=1S/C24H27N5O2S2/c1-3-17-7-4-6-16(2)21(17)29-15-18(14-20(29)30)23(31)27-9-11-28(12-10-27)24-26-25-22(33-24)19-8-5-13-32-19/h4-8,13,18H,3,9-12,14-15H2,1-2H3. The lowest BCUT2D eigenvalue weighted by molar-refractivity contribution is -0.136. The summed E-state index contributed by atoms with van der Waals surface area (Å²) in [4.78, 5) is 33.2. The molecule has 0 aliphatic carbocycles. The van der Waals surface area contributed by atoms with E-state index in [2.05, 4.69) is 34.2 Å². The van der Waals surface area contributed by atoms with Crippen LogP contribution in [0.1, 0.15) is 24.5 Å². The Morgan fingerprint density at radius 2 is 1.94 bits per heavy atom. The predicted molar refractivity (Wildman–Crippen MR) is 133 cm³/mol. The number of hydrogen-bond acceptors (Lipinski definition) is 7. The van der Waals surface area contributed by atoms with Crippen LogP contribution in [-0.4, -0.2) is 59.6 Å². The van der Waals surface area contributed by atoms with Crippen LogP contribution in [0.3, 0.4) is 0 Å². The number of anilines is 2. The van der Waals surface area contributed by atoms with Crippen molar-refractivity contribution in [2.24, 2.45) is 5.92 Å². The van der Waals surface area contributed by atoms with Gasteiger partial charge in [0.05, 0.1) is 10.8 Å². The quantitative estimate of drug-likeness (QED) is 0.554. The van der Waals surface area contributed by atoms with E-state index in [4.69, 9.17) is 0 Å². The number of nitrogens with zero attached hydrogens (tertiary/aromatic N) is 5. The van der Waals surface area contributed by atoms with E-state index in [1.807, 2.05) is 40.3 Å². The van der Waals surface area contributed by atoms with Gasteiger partial charge in [-0.3, -0.25) is 9.59 Å². The summed E-state index contributed by atoms with van der Waals surface area (Å²) >= 11 is 3.26. The predicted octanol–water partition coefficient (Wildman–Crippen LogP) is 3.84. The van der Waals surface area contributed by atoms with Gasteiger partial charge < -0.3 is 14.7 Å². The maximum absolute atomic E-state index is 13.3. The van der Waals surface area contributed by atoms with E-state index in [-0.39, 0.29) is 24.2 Å². The summed E-state index contributed by atoms with van der Waals surface area (Å²) < 4.78 is 0. The molecule has 0 saturated carbocycles. The summed E-state index contributed by atoms with van der Waals surface area (Å²) in [6.45, 7) is 7.34. The molecule has 1 aromatic carbocycles. The Hall–Kier alpha value is -2.78. The maximum Gasteiger partial charge on any atom is 0.228 e. The lowest BCUT2D eigenvalue weighted by Crippen LogP contribution is -2.50. The lowest BCUT2D eigenvalue weighted by atomic mass is 10.0. The van der Waals surface area contributed by atoms with Crippen LogP contribution in [0.5, 0.6) is 0 Å². The molecule has 1 unspecified atom stereocenters. The first-order valence-electron chi connectivity index (χ1n) is 11.3. The van der Waals surface area contributed by atoms with Crippen molar-refractivity contribution < 1.29 is 9.59 Å². The highest BCUT2D eigenvalue weighted by Crippen LogP contribution is 2.34. The number of thiophene rings is 1. The third kappa shape index (κ3) is 4.27. The van der Waals surface area contributed by atoms with Crippen LogP contribution in [0, 0.1) is 12.8 Å². The van der Waals surface area contributed by atoms with Gasteiger partial charge in [0.1, 0.15) is 0 Å². The molecule has 0 bridgehead atoms. The molecular formula is C24H27N5O2S2. The van der Waals surface area contributed by atoms with Crippen LogP contribution in [0.2, 0.25) is 0 Å². The van der Waals surface area contributed by atoms with Crippen LogP contribution in [0.4, 0.5) is 10.8 Å². The zero-order valence-electron chi connectivity index (χ0n) is 18.9. The van der Waals surface area contributed by atoms with Gasteiger partial charge in [0.2, 0.25) is 16.9 Å². The molecule has 0 N–H and O–H groups in total. The van der Waals surface area contributed by atoms with Gasteiger partial charge >= 0.3 is 0 Å². The summed E-state index contributed by atoms with van der Waals surface area (Å²) in [5.74, 6) is -0.139. The molecule has 0 spiro atoms. The fourth-order valence-electron chi connectivity index (χ4n) is 4.70. The number of aromatic nitrogens is 2. The number of aryl methyl sites for hydroxylation is 2. The zero-order valence-corrected chi connectivity index (χ0v) is 20.5. The highest BCUT2D eigenvalue weighted by molar-refractivity contribution is 7.22. The van der Waals surface area contributed by atoms with Gasteiger partial charge in [-0.25, -0.2) is 0 Å². The Labute approximate surface area is 201 Å². The van der Waals surface area contributed by atoms with Crippen molar-refractivity contribution in [2.75, 3.05) is 42.5 Å². The fraction of sp³-hybridized carbons (Fsp3) is 0.417. The van der Waals surface area contributed by atoms with Crippen molar-refractivity contribution in [2.45, 2.75) is 26.7 Å². The molecule has 2 aliphatic heterocycles. The number of carbonyl (C=O) groups excluding carboxylic acids is 2. The maximum atomic E-state index is 13.3. The average molecular weight is 482 g/mol. The molecule has 33 heavy (non-hydrogen) atoms. The van der Waals surface area contributed by atoms with Crippen molar-refractivity contribution in [3.63, 3.8) is 0 Å². The summed E-state index contributed by atoms with van der Waals surface area (Å²) in [5.41, 5.74) is 3.23. The number of carbonyl (C=O) groups is 2. The summed E-state index contributed by atoms with van der Waals surface area (Å²) in [6, 6.07) is 10.2. The lowest BCUT2D eigenvalue weighted by Gasteiger charge is -2.35. The number of rotatable bonds is 5. The second-order valence-corrected chi connectivity index (χ2v) is 10.4. The molecule has 5 rings (SSSR count). The summed E-state index contributed by atoms with van der Waals surface area (Å²) in [6.07, 6.45) is 1.15. The average Bonchev–Trinajstić information content (AvgIpc) is 3.59. The molecule has 2 aromatic heterocycles. The molecule has 7 nitrogen and oxygen atoms in total. The Morgan fingerprint density at radius 1 is 1.12 bits per heavy atom. The first-order valence-corrected chi connectivity index (χ1v) is 13.0. The van der Waals surface area contributed by atoms with Crippen molar-refractivity contribution >= 4 is 45.3 Å². The molecule has 2 aliphatic rings. The highest BCUT2D eigenvalue weighted by atomic mass is 32.1. The summed E-state index contributed by atoms with van der Waals surface area (Å²) in [5, 5.41) is 12.6. The van der Waals surface area contributed by atoms with Crippen molar-refractivity contribution in [3.05, 3.63) is 46.8 Å². The normalized spacial score (nSPS) is 18.9. The van der Waals surface area contributed by atoms with Gasteiger partial charge in [-0.15, -0.1) is 21.5 Å². The number of piperazine rings is 1. The minimum absolute atomic E-state index is 0.0472. The van der Waals surface area contributed by atoms with Gasteiger partial charge in [0.15, 0.2) is 5.01 Å². The molecule has 2 amide bonds. The third-order valence-electron chi connectivity index (χ3n) is 6.45. The topological polar surface area (TPSA) is 69.6 Å². The van der Waals surface area contributed by atoms with Crippen molar-refractivity contribution in [1.29, 1.82) is 0 Å². The molecule has 3 aromatic rings. The number of hydrogen-bond donors (Lipinski definition) is 0. The van der Waals surface area contributed by atoms with E-state index in [9.17, 15) is 9.59 Å². The zero-order chi connectivity index (χ0) is 22.9. The molecule has 9 heteroatoms. The summed E-state index contributed by atoms with van der Waals surface area (Å²) in [7, 11) is 0. The van der Waals surface area contributed by atoms with E-state index in [0.717, 1.165) is 51.3 Å². The first kappa shape index (κ1) is 22.0. The second-order valence-electron chi connectivity index (χ2n) is 8.52. The van der Waals surface area contributed by atoms with Crippen molar-refractivity contribution in [3.8, 4) is 9.88 Å². The molecule has 2 fully saturated rings. The Bertz CT molecular complexity index is 1150. The van der Waals surface area contributed by atoms with E-state index in [1.54, 1.807) is 22.7 Å². The molecule has 0 radical (unpaired) electrons. The van der Waals surface area contributed by atoms with Crippen LogP contribution in [0.15, 0.2) is 35.7 Å². The van der Waals surface area contributed by atoms with Gasteiger partial charge in [-0.1, -0.05) is 42.5 Å². The fourth-order valence-corrected chi connectivity index (χ4v) is 6.39. The van der Waals surface area contributed by atoms with E-state index in [1.165, 1.54) is 0 Å².